The lowest BCUT2D eigenvalue weighted by Gasteiger charge is -2.04. The van der Waals surface area contributed by atoms with Crippen LogP contribution in [0.4, 0.5) is 4.39 Å². The highest BCUT2D eigenvalue weighted by atomic mass is 19.1. The molecule has 0 fully saturated rings. The van der Waals surface area contributed by atoms with E-state index in [1.54, 1.807) is 24.8 Å². The monoisotopic (exact) mass is 421 g/mol. The SMILES string of the molecule is Cc1cc(F)cc(-c2cncc3[nH]c(-c4n[nH]c5ccc(-c6ccncc6)nc45)nc23)c1. The van der Waals surface area contributed by atoms with Gasteiger partial charge in [0.25, 0.3) is 0 Å². The molecule has 2 N–H and O–H groups in total. The Hall–Kier alpha value is -4.46. The third-order valence-corrected chi connectivity index (χ3v) is 5.36. The highest BCUT2D eigenvalue weighted by molar-refractivity contribution is 5.95. The maximum absolute atomic E-state index is 14.0. The summed E-state index contributed by atoms with van der Waals surface area (Å²) in [5, 5.41) is 7.47. The molecule has 7 nitrogen and oxygen atoms in total. The van der Waals surface area contributed by atoms with Gasteiger partial charge in [-0.15, -0.1) is 0 Å². The molecule has 0 atom stereocenters. The van der Waals surface area contributed by atoms with E-state index in [0.29, 0.717) is 22.6 Å². The van der Waals surface area contributed by atoms with Crippen molar-refractivity contribution in [1.82, 2.24) is 35.1 Å². The summed E-state index contributed by atoms with van der Waals surface area (Å²) in [6, 6.07) is 12.6. The number of nitrogens with zero attached hydrogens (tertiary/aromatic N) is 5. The van der Waals surface area contributed by atoms with Crippen LogP contribution in [0.1, 0.15) is 5.56 Å². The van der Waals surface area contributed by atoms with Gasteiger partial charge in [0.2, 0.25) is 0 Å². The lowest BCUT2D eigenvalue weighted by atomic mass is 10.0. The quantitative estimate of drug-likeness (QED) is 0.416. The molecule has 5 heterocycles. The molecule has 0 saturated heterocycles. The van der Waals surface area contributed by atoms with Crippen LogP contribution in [0.3, 0.4) is 0 Å². The van der Waals surface area contributed by atoms with Crippen LogP contribution in [-0.2, 0) is 0 Å². The second-order valence-electron chi connectivity index (χ2n) is 7.59. The van der Waals surface area contributed by atoms with E-state index in [2.05, 4.69) is 25.1 Å². The van der Waals surface area contributed by atoms with Gasteiger partial charge < -0.3 is 4.98 Å². The number of aromatic nitrogens is 7. The normalized spacial score (nSPS) is 11.4. The van der Waals surface area contributed by atoms with Crippen molar-refractivity contribution in [1.29, 1.82) is 0 Å². The fourth-order valence-corrected chi connectivity index (χ4v) is 3.90. The van der Waals surface area contributed by atoms with E-state index in [1.165, 1.54) is 12.1 Å². The van der Waals surface area contributed by atoms with Crippen molar-refractivity contribution < 1.29 is 4.39 Å². The van der Waals surface area contributed by atoms with E-state index in [9.17, 15) is 4.39 Å². The molecule has 0 radical (unpaired) electrons. The maximum atomic E-state index is 14.0. The van der Waals surface area contributed by atoms with Gasteiger partial charge in [-0.3, -0.25) is 15.1 Å². The Morgan fingerprint density at radius 1 is 0.812 bits per heavy atom. The number of aryl methyl sites for hydroxylation is 1. The molecule has 0 unspecified atom stereocenters. The first kappa shape index (κ1) is 18.3. The number of fused-ring (bicyclic) bond motifs is 2. The fourth-order valence-electron chi connectivity index (χ4n) is 3.90. The minimum atomic E-state index is -0.293. The molecule has 0 bridgehead atoms. The zero-order valence-electron chi connectivity index (χ0n) is 17.0. The van der Waals surface area contributed by atoms with Gasteiger partial charge in [0.1, 0.15) is 11.3 Å². The molecule has 5 aromatic heterocycles. The Kier molecular flexibility index (Phi) is 4.04. The summed E-state index contributed by atoms with van der Waals surface area (Å²) < 4.78 is 14.0. The van der Waals surface area contributed by atoms with E-state index in [-0.39, 0.29) is 5.82 Å². The summed E-state index contributed by atoms with van der Waals surface area (Å²) in [7, 11) is 0. The van der Waals surface area contributed by atoms with Gasteiger partial charge in [0.05, 0.1) is 28.4 Å². The smallest absolute Gasteiger partial charge is 0.161 e. The van der Waals surface area contributed by atoms with Crippen LogP contribution in [0.2, 0.25) is 0 Å². The van der Waals surface area contributed by atoms with Gasteiger partial charge in [0, 0.05) is 29.7 Å². The van der Waals surface area contributed by atoms with Crippen molar-refractivity contribution >= 4 is 22.1 Å². The number of nitrogens with one attached hydrogen (secondary N) is 2. The van der Waals surface area contributed by atoms with Crippen LogP contribution in [0, 0.1) is 12.7 Å². The van der Waals surface area contributed by atoms with Crippen molar-refractivity contribution in [3.63, 3.8) is 0 Å². The molecule has 0 aliphatic carbocycles. The summed E-state index contributed by atoms with van der Waals surface area (Å²) in [4.78, 5) is 21.3. The molecule has 6 rings (SSSR count). The molecular formula is C24H16FN7. The van der Waals surface area contributed by atoms with Crippen molar-refractivity contribution in [3.05, 3.63) is 78.6 Å². The van der Waals surface area contributed by atoms with E-state index >= 15 is 0 Å². The Morgan fingerprint density at radius 3 is 2.53 bits per heavy atom. The van der Waals surface area contributed by atoms with Gasteiger partial charge in [-0.25, -0.2) is 14.4 Å². The standard InChI is InChI=1S/C24H16FN7/c1-13-8-15(10-16(25)9-13)17-11-27-12-20-21(17)30-24(29-20)23-22-19(31-32-23)3-2-18(28-22)14-4-6-26-7-5-14/h2-12H,1H3,(H,29,30)(H,31,32). The predicted octanol–water partition coefficient (Wildman–Crippen LogP) is 5.07. The lowest BCUT2D eigenvalue weighted by molar-refractivity contribution is 0.627. The summed E-state index contributed by atoms with van der Waals surface area (Å²) >= 11 is 0. The van der Waals surface area contributed by atoms with Crippen molar-refractivity contribution in [2.24, 2.45) is 0 Å². The molecular weight excluding hydrogens is 405 g/mol. The number of imidazole rings is 1. The van der Waals surface area contributed by atoms with Crippen molar-refractivity contribution in [2.75, 3.05) is 0 Å². The Balaban J connectivity index is 1.52. The number of aromatic amines is 2. The summed E-state index contributed by atoms with van der Waals surface area (Å²) in [5.74, 6) is 0.270. The average molecular weight is 421 g/mol. The topological polar surface area (TPSA) is 96.0 Å². The third kappa shape index (κ3) is 3.01. The molecule has 0 aliphatic rings. The second kappa shape index (κ2) is 7.05. The minimum absolute atomic E-state index is 0.293. The van der Waals surface area contributed by atoms with Crippen LogP contribution >= 0.6 is 0 Å². The van der Waals surface area contributed by atoms with Crippen molar-refractivity contribution in [3.8, 4) is 33.9 Å². The molecule has 1 aromatic carbocycles. The van der Waals surface area contributed by atoms with E-state index in [1.807, 2.05) is 37.3 Å². The van der Waals surface area contributed by atoms with Gasteiger partial charge in [0.15, 0.2) is 11.5 Å². The number of hydrogen-bond donors (Lipinski definition) is 2. The molecule has 0 saturated carbocycles. The van der Waals surface area contributed by atoms with E-state index in [0.717, 1.165) is 39.0 Å². The fraction of sp³-hybridized carbons (Fsp3) is 0.0417. The van der Waals surface area contributed by atoms with Crippen LogP contribution in [0.25, 0.3) is 56.0 Å². The molecule has 32 heavy (non-hydrogen) atoms. The molecule has 6 aromatic rings. The van der Waals surface area contributed by atoms with Crippen LogP contribution in [0.15, 0.2) is 67.3 Å². The van der Waals surface area contributed by atoms with Gasteiger partial charge >= 0.3 is 0 Å². The third-order valence-electron chi connectivity index (χ3n) is 5.36. The Bertz CT molecular complexity index is 1580. The number of hydrogen-bond acceptors (Lipinski definition) is 5. The first-order valence-corrected chi connectivity index (χ1v) is 10.0. The summed E-state index contributed by atoms with van der Waals surface area (Å²) in [5.41, 5.74) is 7.63. The number of benzene rings is 1. The molecule has 0 amide bonds. The van der Waals surface area contributed by atoms with Crippen LogP contribution in [-0.4, -0.2) is 35.1 Å². The highest BCUT2D eigenvalue weighted by Crippen LogP contribution is 2.31. The number of H-pyrrole nitrogens is 2. The Labute approximate surface area is 181 Å². The lowest BCUT2D eigenvalue weighted by Crippen LogP contribution is -1.87. The number of halogens is 1. The van der Waals surface area contributed by atoms with E-state index < -0.39 is 0 Å². The number of rotatable bonds is 3. The first-order chi connectivity index (χ1) is 15.7. The van der Waals surface area contributed by atoms with Crippen LogP contribution in [0.5, 0.6) is 0 Å². The van der Waals surface area contributed by atoms with Crippen molar-refractivity contribution in [2.45, 2.75) is 6.92 Å². The highest BCUT2D eigenvalue weighted by Gasteiger charge is 2.17. The first-order valence-electron chi connectivity index (χ1n) is 10.0. The molecule has 154 valence electrons. The second-order valence-corrected chi connectivity index (χ2v) is 7.59. The van der Waals surface area contributed by atoms with Gasteiger partial charge in [-0.2, -0.15) is 5.10 Å². The molecule has 0 spiro atoms. The molecule has 8 heteroatoms. The van der Waals surface area contributed by atoms with Gasteiger partial charge in [-0.05, 0) is 54.4 Å². The predicted molar refractivity (Wildman–Crippen MR) is 120 cm³/mol. The van der Waals surface area contributed by atoms with Crippen LogP contribution < -0.4 is 0 Å². The van der Waals surface area contributed by atoms with Gasteiger partial charge in [-0.1, -0.05) is 6.07 Å². The number of pyridine rings is 3. The van der Waals surface area contributed by atoms with E-state index in [4.69, 9.17) is 9.97 Å². The molecule has 0 aliphatic heterocycles. The Morgan fingerprint density at radius 2 is 1.69 bits per heavy atom. The maximum Gasteiger partial charge on any atom is 0.161 e. The summed E-state index contributed by atoms with van der Waals surface area (Å²) in [6.45, 7) is 1.86. The zero-order chi connectivity index (χ0) is 21.7. The average Bonchev–Trinajstić information content (AvgIpc) is 3.42. The minimum Gasteiger partial charge on any atom is -0.335 e. The summed E-state index contributed by atoms with van der Waals surface area (Å²) in [6.07, 6.45) is 6.87. The largest absolute Gasteiger partial charge is 0.335 e. The zero-order valence-corrected chi connectivity index (χ0v) is 17.0.